The summed E-state index contributed by atoms with van der Waals surface area (Å²) in [4.78, 5) is 30.3. The van der Waals surface area contributed by atoms with Gasteiger partial charge in [0.1, 0.15) is 5.75 Å². The molecule has 1 fully saturated rings. The lowest BCUT2D eigenvalue weighted by molar-refractivity contribution is 0.0751. The van der Waals surface area contributed by atoms with Crippen LogP contribution < -0.4 is 9.64 Å². The molecule has 1 amide bonds. The van der Waals surface area contributed by atoms with E-state index in [0.29, 0.717) is 24.4 Å². The van der Waals surface area contributed by atoms with Gasteiger partial charge >= 0.3 is 0 Å². The summed E-state index contributed by atoms with van der Waals surface area (Å²) in [7, 11) is 1.66. The maximum Gasteiger partial charge on any atom is 0.264 e. The van der Waals surface area contributed by atoms with E-state index in [1.165, 1.54) is 11.3 Å². The van der Waals surface area contributed by atoms with Gasteiger partial charge in [0.05, 0.1) is 16.2 Å². The highest BCUT2D eigenvalue weighted by molar-refractivity contribution is 8.02. The summed E-state index contributed by atoms with van der Waals surface area (Å²) in [6, 6.07) is 9.82. The van der Waals surface area contributed by atoms with Crippen LogP contribution in [0.15, 0.2) is 34.5 Å². The number of thioether (sulfide) groups is 1. The van der Waals surface area contributed by atoms with Gasteiger partial charge in [-0.25, -0.2) is 0 Å². The molecule has 2 aromatic rings. The Morgan fingerprint density at radius 2 is 1.79 bits per heavy atom. The molecule has 1 aromatic carbocycles. The van der Waals surface area contributed by atoms with Gasteiger partial charge in [0.25, 0.3) is 5.91 Å². The zero-order valence-electron chi connectivity index (χ0n) is 16.4. The number of amides is 1. The van der Waals surface area contributed by atoms with Gasteiger partial charge in [-0.3, -0.25) is 9.59 Å². The number of nitrogens with zero attached hydrogens (tertiary/aromatic N) is 2. The number of ketones is 1. The second kappa shape index (κ2) is 7.44. The molecule has 7 heteroatoms. The van der Waals surface area contributed by atoms with Gasteiger partial charge < -0.3 is 14.5 Å². The molecular weight excluding hydrogens is 392 g/mol. The minimum Gasteiger partial charge on any atom is -0.497 e. The molecule has 0 atom stereocenters. The highest BCUT2D eigenvalue weighted by Gasteiger charge is 2.35. The minimum absolute atomic E-state index is 0.0417. The van der Waals surface area contributed by atoms with Crippen LogP contribution in [0.1, 0.15) is 40.3 Å². The summed E-state index contributed by atoms with van der Waals surface area (Å²) in [5, 5.41) is 0. The molecule has 5 nitrogen and oxygen atoms in total. The highest BCUT2D eigenvalue weighted by Crippen LogP contribution is 2.46. The molecular formula is C21H24N2O3S2. The Bertz CT molecular complexity index is 897. The number of carbonyl (C=O) groups excluding carboxylic acids is 2. The number of fused-ring (bicyclic) bond motifs is 1. The molecule has 3 heterocycles. The Labute approximate surface area is 173 Å². The first-order valence-electron chi connectivity index (χ1n) is 9.41. The van der Waals surface area contributed by atoms with Crippen molar-refractivity contribution in [1.82, 2.24) is 4.90 Å². The molecule has 0 bridgehead atoms. The third-order valence-corrected chi connectivity index (χ3v) is 7.69. The van der Waals surface area contributed by atoms with Gasteiger partial charge in [-0.05, 0) is 44.2 Å². The van der Waals surface area contributed by atoms with Crippen LogP contribution in [0.2, 0.25) is 0 Å². The maximum atomic E-state index is 13.0. The second-order valence-electron chi connectivity index (χ2n) is 7.75. The first-order valence-corrected chi connectivity index (χ1v) is 11.0. The van der Waals surface area contributed by atoms with E-state index < -0.39 is 0 Å². The van der Waals surface area contributed by atoms with Crippen molar-refractivity contribution in [2.45, 2.75) is 29.2 Å². The van der Waals surface area contributed by atoms with Crippen LogP contribution in [0.5, 0.6) is 5.75 Å². The summed E-state index contributed by atoms with van der Waals surface area (Å²) in [6.45, 7) is 7.12. The molecule has 28 heavy (non-hydrogen) atoms. The van der Waals surface area contributed by atoms with Crippen molar-refractivity contribution in [1.29, 1.82) is 0 Å². The number of methoxy groups -OCH3 is 1. The molecule has 0 saturated carbocycles. The van der Waals surface area contributed by atoms with Crippen molar-refractivity contribution < 1.29 is 14.3 Å². The van der Waals surface area contributed by atoms with Gasteiger partial charge in [-0.15, -0.1) is 23.1 Å². The van der Waals surface area contributed by atoms with Gasteiger partial charge in [0, 0.05) is 48.6 Å². The van der Waals surface area contributed by atoms with Gasteiger partial charge in [-0.1, -0.05) is 0 Å². The Morgan fingerprint density at radius 3 is 2.43 bits per heavy atom. The van der Waals surface area contributed by atoms with E-state index in [4.69, 9.17) is 4.74 Å². The van der Waals surface area contributed by atoms with Crippen LogP contribution in [0, 0.1) is 0 Å². The van der Waals surface area contributed by atoms with Crippen LogP contribution in [0.25, 0.3) is 0 Å². The summed E-state index contributed by atoms with van der Waals surface area (Å²) in [5.41, 5.74) is 1.87. The molecule has 2 aliphatic heterocycles. The lowest BCUT2D eigenvalue weighted by Crippen LogP contribution is -2.48. The molecule has 2 aliphatic rings. The molecule has 1 saturated heterocycles. The van der Waals surface area contributed by atoms with Crippen molar-refractivity contribution in [2.75, 3.05) is 38.2 Å². The van der Waals surface area contributed by atoms with Crippen molar-refractivity contribution in [3.8, 4) is 5.75 Å². The summed E-state index contributed by atoms with van der Waals surface area (Å²) >= 11 is 3.18. The van der Waals surface area contributed by atoms with Crippen LogP contribution in [-0.4, -0.2) is 54.6 Å². The van der Waals surface area contributed by atoms with E-state index >= 15 is 0 Å². The SMILES string of the molecule is COc1ccc(N2CCN(C(=O)c3cc4c(s3)SC(C)(C)CC4=O)CC2)cc1. The smallest absolute Gasteiger partial charge is 0.264 e. The number of hydrogen-bond acceptors (Lipinski definition) is 6. The van der Waals surface area contributed by atoms with Crippen LogP contribution in [-0.2, 0) is 0 Å². The first-order chi connectivity index (χ1) is 13.4. The van der Waals surface area contributed by atoms with E-state index in [9.17, 15) is 9.59 Å². The summed E-state index contributed by atoms with van der Waals surface area (Å²) in [6.07, 6.45) is 0.523. The third-order valence-electron chi connectivity index (χ3n) is 5.17. The largest absolute Gasteiger partial charge is 0.497 e. The molecule has 0 spiro atoms. The number of ether oxygens (including phenoxy) is 1. The number of carbonyl (C=O) groups is 2. The number of piperazine rings is 1. The maximum absolute atomic E-state index is 13.0. The van der Waals surface area contributed by atoms with Crippen molar-refractivity contribution >= 4 is 40.5 Å². The van der Waals surface area contributed by atoms with Crippen molar-refractivity contribution in [3.05, 3.63) is 40.8 Å². The number of thiophene rings is 1. The fraction of sp³-hybridized carbons (Fsp3) is 0.429. The van der Waals surface area contributed by atoms with Gasteiger partial charge in [0.2, 0.25) is 0 Å². The quantitative estimate of drug-likeness (QED) is 0.751. The van der Waals surface area contributed by atoms with Crippen LogP contribution >= 0.6 is 23.1 Å². The van der Waals surface area contributed by atoms with Crippen molar-refractivity contribution in [2.24, 2.45) is 0 Å². The van der Waals surface area contributed by atoms with E-state index in [-0.39, 0.29) is 16.4 Å². The lowest BCUT2D eigenvalue weighted by atomic mass is 10.0. The molecule has 0 N–H and O–H groups in total. The predicted octanol–water partition coefficient (Wildman–Crippen LogP) is 4.18. The summed E-state index contributed by atoms with van der Waals surface area (Å²) in [5.74, 6) is 1.04. The van der Waals surface area contributed by atoms with Crippen molar-refractivity contribution in [3.63, 3.8) is 0 Å². The molecule has 0 unspecified atom stereocenters. The first kappa shape index (κ1) is 19.3. The zero-order valence-corrected chi connectivity index (χ0v) is 18.0. The molecule has 0 radical (unpaired) electrons. The zero-order chi connectivity index (χ0) is 19.9. The van der Waals surface area contributed by atoms with E-state index in [2.05, 4.69) is 18.7 Å². The third kappa shape index (κ3) is 3.78. The number of hydrogen-bond donors (Lipinski definition) is 0. The highest BCUT2D eigenvalue weighted by atomic mass is 32.2. The molecule has 1 aromatic heterocycles. The van der Waals surface area contributed by atoms with Crippen LogP contribution in [0.4, 0.5) is 5.69 Å². The molecule has 0 aliphatic carbocycles. The Morgan fingerprint density at radius 1 is 1.11 bits per heavy atom. The van der Waals surface area contributed by atoms with E-state index in [1.807, 2.05) is 35.2 Å². The summed E-state index contributed by atoms with van der Waals surface area (Å²) < 4.78 is 6.10. The van der Waals surface area contributed by atoms with E-state index in [0.717, 1.165) is 34.3 Å². The number of rotatable bonds is 3. The topological polar surface area (TPSA) is 49.9 Å². The predicted molar refractivity (Wildman–Crippen MR) is 114 cm³/mol. The monoisotopic (exact) mass is 416 g/mol. The van der Waals surface area contributed by atoms with Gasteiger partial charge in [-0.2, -0.15) is 0 Å². The number of benzene rings is 1. The lowest BCUT2D eigenvalue weighted by Gasteiger charge is -2.36. The Balaban J connectivity index is 1.42. The average Bonchev–Trinajstić information content (AvgIpc) is 3.11. The average molecular weight is 417 g/mol. The fourth-order valence-corrected chi connectivity index (χ4v) is 6.61. The Hall–Kier alpha value is -1.99. The standard InChI is InChI=1S/C21H24N2O3S2/c1-21(2)13-17(24)16-12-18(27-20(16)28-21)19(25)23-10-8-22(9-11-23)14-4-6-15(26-3)7-5-14/h4-7,12H,8-11,13H2,1-3H3. The van der Waals surface area contributed by atoms with Crippen LogP contribution in [0.3, 0.4) is 0 Å². The Kier molecular flexibility index (Phi) is 5.14. The minimum atomic E-state index is -0.0980. The molecule has 4 rings (SSSR count). The van der Waals surface area contributed by atoms with Gasteiger partial charge in [0.15, 0.2) is 5.78 Å². The number of Topliss-reactive ketones (excluding diaryl/α,β-unsaturated/α-hetero) is 1. The fourth-order valence-electron chi connectivity index (χ4n) is 3.64. The molecule has 148 valence electrons. The van der Waals surface area contributed by atoms with E-state index in [1.54, 1.807) is 18.9 Å². The second-order valence-corrected chi connectivity index (χ2v) is 10.8. The normalized spacial score (nSPS) is 18.8. The number of anilines is 1.